The van der Waals surface area contributed by atoms with Crippen LogP contribution in [-0.2, 0) is 6.54 Å². The van der Waals surface area contributed by atoms with Crippen LogP contribution in [0, 0.1) is 11.8 Å². The Hall–Kier alpha value is -0.280. The fraction of sp³-hybridized carbons (Fsp3) is 0.625. The van der Waals surface area contributed by atoms with E-state index in [1.807, 2.05) is 0 Å². The number of piperidine rings is 1. The van der Waals surface area contributed by atoms with E-state index in [2.05, 4.69) is 40.5 Å². The molecule has 1 aromatic rings. The molecule has 3 rings (SSSR count). The van der Waals surface area contributed by atoms with Crippen molar-refractivity contribution in [2.24, 2.45) is 11.8 Å². The van der Waals surface area contributed by atoms with Gasteiger partial charge in [-0.2, -0.15) is 0 Å². The van der Waals surface area contributed by atoms with Crippen molar-refractivity contribution < 1.29 is 0 Å². The van der Waals surface area contributed by atoms with Gasteiger partial charge >= 0.3 is 0 Å². The Kier molecular flexibility index (Phi) is 7.90. The van der Waals surface area contributed by atoms with E-state index in [0.717, 1.165) is 18.4 Å². The number of nitrogens with zero attached hydrogens (tertiary/aromatic N) is 1. The minimum absolute atomic E-state index is 0. The van der Waals surface area contributed by atoms with Gasteiger partial charge in [-0.3, -0.25) is 4.90 Å². The first-order valence-electron chi connectivity index (χ1n) is 7.39. The highest BCUT2D eigenvalue weighted by Gasteiger charge is 2.29. The summed E-state index contributed by atoms with van der Waals surface area (Å²) < 4.78 is 0. The van der Waals surface area contributed by atoms with Gasteiger partial charge in [0.15, 0.2) is 0 Å². The third-order valence-electron chi connectivity index (χ3n) is 4.56. The lowest BCUT2D eigenvalue weighted by Crippen LogP contribution is -2.35. The van der Waals surface area contributed by atoms with Crippen LogP contribution in [0.1, 0.15) is 24.8 Å². The summed E-state index contributed by atoms with van der Waals surface area (Å²) in [5, 5.41) is 3.56. The Morgan fingerprint density at radius 3 is 2.55 bits per heavy atom. The Bertz CT molecular complexity index is 366. The van der Waals surface area contributed by atoms with Crippen LogP contribution in [-0.4, -0.2) is 31.1 Å². The van der Waals surface area contributed by atoms with E-state index >= 15 is 0 Å². The lowest BCUT2D eigenvalue weighted by atomic mass is 9.86. The molecule has 2 nitrogen and oxygen atoms in total. The van der Waals surface area contributed by atoms with Crippen LogP contribution < -0.4 is 5.32 Å². The first kappa shape index (κ1) is 17.8. The van der Waals surface area contributed by atoms with Gasteiger partial charge in [-0.05, 0) is 56.3 Å². The van der Waals surface area contributed by atoms with E-state index in [1.165, 1.54) is 51.0 Å². The number of rotatable bonds is 3. The van der Waals surface area contributed by atoms with Crippen LogP contribution in [0.4, 0.5) is 0 Å². The van der Waals surface area contributed by atoms with Crippen molar-refractivity contribution in [3.05, 3.63) is 35.9 Å². The van der Waals surface area contributed by atoms with Crippen LogP contribution in [0.3, 0.4) is 0 Å². The average Bonchev–Trinajstić information content (AvgIpc) is 2.89. The molecule has 2 aliphatic heterocycles. The number of benzene rings is 1. The van der Waals surface area contributed by atoms with Crippen LogP contribution in [0.15, 0.2) is 30.3 Å². The molecule has 2 atom stereocenters. The zero-order valence-electron chi connectivity index (χ0n) is 12.0. The van der Waals surface area contributed by atoms with Gasteiger partial charge in [-0.15, -0.1) is 24.8 Å². The number of halogens is 2. The molecule has 0 saturated carbocycles. The highest BCUT2D eigenvalue weighted by atomic mass is 35.5. The molecule has 1 aromatic carbocycles. The van der Waals surface area contributed by atoms with Crippen LogP contribution in [0.25, 0.3) is 0 Å². The van der Waals surface area contributed by atoms with Gasteiger partial charge in [0.2, 0.25) is 0 Å². The molecule has 0 aromatic heterocycles. The summed E-state index contributed by atoms with van der Waals surface area (Å²) in [6.07, 6.45) is 4.22. The summed E-state index contributed by atoms with van der Waals surface area (Å²) in [4.78, 5) is 2.63. The van der Waals surface area contributed by atoms with E-state index in [4.69, 9.17) is 0 Å². The van der Waals surface area contributed by atoms with Crippen LogP contribution >= 0.6 is 24.8 Å². The molecule has 1 N–H and O–H groups in total. The molecular weight excluding hydrogens is 291 g/mol. The Balaban J connectivity index is 0.000001000. The van der Waals surface area contributed by atoms with Gasteiger partial charge in [-0.25, -0.2) is 0 Å². The van der Waals surface area contributed by atoms with Crippen LogP contribution in [0.5, 0.6) is 0 Å². The average molecular weight is 317 g/mol. The zero-order chi connectivity index (χ0) is 12.2. The predicted molar refractivity (Wildman–Crippen MR) is 89.9 cm³/mol. The van der Waals surface area contributed by atoms with E-state index in [9.17, 15) is 0 Å². The maximum absolute atomic E-state index is 3.56. The highest BCUT2D eigenvalue weighted by molar-refractivity contribution is 5.85. The van der Waals surface area contributed by atoms with E-state index in [-0.39, 0.29) is 24.8 Å². The summed E-state index contributed by atoms with van der Waals surface area (Å²) in [7, 11) is 0. The van der Waals surface area contributed by atoms with E-state index in [0.29, 0.717) is 0 Å². The molecule has 4 heteroatoms. The normalized spacial score (nSPS) is 26.6. The van der Waals surface area contributed by atoms with Crippen molar-refractivity contribution in [2.45, 2.75) is 25.8 Å². The summed E-state index contributed by atoms with van der Waals surface area (Å²) in [6, 6.07) is 10.9. The second-order valence-electron chi connectivity index (χ2n) is 5.88. The third kappa shape index (κ3) is 4.63. The van der Waals surface area contributed by atoms with Crippen molar-refractivity contribution in [2.75, 3.05) is 26.2 Å². The number of likely N-dealkylation sites (tertiary alicyclic amines) is 1. The van der Waals surface area contributed by atoms with Crippen molar-refractivity contribution in [3.8, 4) is 0 Å². The van der Waals surface area contributed by atoms with Crippen LogP contribution in [0.2, 0.25) is 0 Å². The standard InChI is InChI=1S/C16H24N2.2ClH/c1-2-5-14(6-3-1)12-18-10-8-16(13-18)15-7-4-9-17-11-15;;/h1-3,5-6,15-17H,4,7-13H2;2*1H. The van der Waals surface area contributed by atoms with Gasteiger partial charge in [0.1, 0.15) is 0 Å². The molecule has 2 saturated heterocycles. The maximum Gasteiger partial charge on any atom is 0.0233 e. The molecule has 2 heterocycles. The number of hydrogen-bond acceptors (Lipinski definition) is 2. The predicted octanol–water partition coefficient (Wildman–Crippen LogP) is 3.35. The second-order valence-corrected chi connectivity index (χ2v) is 5.88. The first-order chi connectivity index (χ1) is 8.92. The monoisotopic (exact) mass is 316 g/mol. The maximum atomic E-state index is 3.56. The molecule has 0 spiro atoms. The van der Waals surface area contributed by atoms with Gasteiger partial charge in [0, 0.05) is 13.1 Å². The molecule has 0 amide bonds. The minimum atomic E-state index is 0. The lowest BCUT2D eigenvalue weighted by molar-refractivity contribution is 0.246. The number of nitrogens with one attached hydrogen (secondary N) is 1. The first-order valence-corrected chi connectivity index (χ1v) is 7.39. The molecule has 0 radical (unpaired) electrons. The SMILES string of the molecule is Cl.Cl.c1ccc(CN2CCC(C3CCCNC3)C2)cc1. The summed E-state index contributed by atoms with van der Waals surface area (Å²) in [6.45, 7) is 6.22. The van der Waals surface area contributed by atoms with Crippen molar-refractivity contribution in [3.63, 3.8) is 0 Å². The lowest BCUT2D eigenvalue weighted by Gasteiger charge is -2.28. The molecular formula is C16H26Cl2N2. The Labute approximate surface area is 135 Å². The molecule has 2 aliphatic rings. The number of hydrogen-bond donors (Lipinski definition) is 1. The molecule has 114 valence electrons. The molecule has 0 aliphatic carbocycles. The van der Waals surface area contributed by atoms with Crippen molar-refractivity contribution >= 4 is 24.8 Å². The Morgan fingerprint density at radius 1 is 1.05 bits per heavy atom. The smallest absolute Gasteiger partial charge is 0.0233 e. The quantitative estimate of drug-likeness (QED) is 0.920. The van der Waals surface area contributed by atoms with Crippen molar-refractivity contribution in [1.82, 2.24) is 10.2 Å². The fourth-order valence-corrected chi connectivity index (χ4v) is 3.51. The zero-order valence-corrected chi connectivity index (χ0v) is 13.6. The van der Waals surface area contributed by atoms with Gasteiger partial charge in [0.05, 0.1) is 0 Å². The largest absolute Gasteiger partial charge is 0.316 e. The molecule has 0 bridgehead atoms. The topological polar surface area (TPSA) is 15.3 Å². The fourth-order valence-electron chi connectivity index (χ4n) is 3.51. The summed E-state index contributed by atoms with van der Waals surface area (Å²) in [5.41, 5.74) is 1.46. The molecule has 2 fully saturated rings. The Morgan fingerprint density at radius 2 is 1.85 bits per heavy atom. The van der Waals surface area contributed by atoms with Gasteiger partial charge in [0.25, 0.3) is 0 Å². The van der Waals surface area contributed by atoms with Gasteiger partial charge in [-0.1, -0.05) is 30.3 Å². The van der Waals surface area contributed by atoms with Crippen molar-refractivity contribution in [1.29, 1.82) is 0 Å². The van der Waals surface area contributed by atoms with E-state index in [1.54, 1.807) is 0 Å². The molecule has 2 unspecified atom stereocenters. The second kappa shape index (κ2) is 8.89. The van der Waals surface area contributed by atoms with Gasteiger partial charge < -0.3 is 5.32 Å². The highest BCUT2D eigenvalue weighted by Crippen LogP contribution is 2.29. The van der Waals surface area contributed by atoms with E-state index < -0.39 is 0 Å². The summed E-state index contributed by atoms with van der Waals surface area (Å²) >= 11 is 0. The third-order valence-corrected chi connectivity index (χ3v) is 4.56. The molecule has 20 heavy (non-hydrogen) atoms. The summed E-state index contributed by atoms with van der Waals surface area (Å²) in [5.74, 6) is 1.86. The minimum Gasteiger partial charge on any atom is -0.316 e.